The third-order valence-corrected chi connectivity index (χ3v) is 4.58. The van der Waals surface area contributed by atoms with Crippen LogP contribution in [0.15, 0.2) is 69.2 Å². The van der Waals surface area contributed by atoms with Crippen LogP contribution in [0.25, 0.3) is 11.1 Å². The maximum absolute atomic E-state index is 5.95. The van der Waals surface area contributed by atoms with Gasteiger partial charge in [0, 0.05) is 28.3 Å². The number of fused-ring (bicyclic) bond motifs is 1. The normalized spacial score (nSPS) is 10.9. The number of benzene rings is 1. The third-order valence-electron chi connectivity index (χ3n) is 3.56. The van der Waals surface area contributed by atoms with Crippen LogP contribution < -0.4 is 10.5 Å². The Morgan fingerprint density at radius 3 is 2.80 bits per heavy atom. The first kappa shape index (κ1) is 15.5. The highest BCUT2D eigenvalue weighted by atomic mass is 32.2. The van der Waals surface area contributed by atoms with Crippen LogP contribution in [-0.2, 0) is 0 Å². The van der Waals surface area contributed by atoms with Crippen LogP contribution >= 0.6 is 11.8 Å². The first-order valence-corrected chi connectivity index (χ1v) is 8.39. The molecule has 1 aromatic carbocycles. The third kappa shape index (κ3) is 3.14. The number of nitrogens with zero attached hydrogens (tertiary/aromatic N) is 3. The highest BCUT2D eigenvalue weighted by Gasteiger charge is 2.13. The van der Waals surface area contributed by atoms with Gasteiger partial charge in [0.1, 0.15) is 5.75 Å². The van der Waals surface area contributed by atoms with Gasteiger partial charge in [0.05, 0.1) is 11.1 Å². The molecule has 124 valence electrons. The van der Waals surface area contributed by atoms with Crippen molar-refractivity contribution in [2.75, 3.05) is 5.73 Å². The Morgan fingerprint density at radius 2 is 1.96 bits per heavy atom. The first-order valence-electron chi connectivity index (χ1n) is 7.58. The van der Waals surface area contributed by atoms with Gasteiger partial charge in [0.2, 0.25) is 0 Å². The van der Waals surface area contributed by atoms with Crippen LogP contribution in [0.4, 0.5) is 5.82 Å². The maximum atomic E-state index is 5.95. The van der Waals surface area contributed by atoms with Gasteiger partial charge in [-0.05, 0) is 25.1 Å². The van der Waals surface area contributed by atoms with Gasteiger partial charge in [-0.3, -0.25) is 0 Å². The molecule has 3 aromatic heterocycles. The van der Waals surface area contributed by atoms with Crippen LogP contribution in [-0.4, -0.2) is 15.1 Å². The quantitative estimate of drug-likeness (QED) is 0.581. The number of anilines is 1. The second-order valence-corrected chi connectivity index (χ2v) is 6.44. The summed E-state index contributed by atoms with van der Waals surface area (Å²) in [5.74, 6) is 1.57. The number of aromatic nitrogens is 3. The first-order chi connectivity index (χ1) is 12.2. The Bertz CT molecular complexity index is 1030. The lowest BCUT2D eigenvalue weighted by molar-refractivity contribution is 0.443. The van der Waals surface area contributed by atoms with Crippen LogP contribution in [0, 0.1) is 6.92 Å². The average Bonchev–Trinajstić information content (AvgIpc) is 3.01. The largest absolute Gasteiger partial charge is 0.453 e. The van der Waals surface area contributed by atoms with Crippen molar-refractivity contribution in [3.8, 4) is 11.5 Å². The predicted molar refractivity (Wildman–Crippen MR) is 95.8 cm³/mol. The highest BCUT2D eigenvalue weighted by molar-refractivity contribution is 7.99. The van der Waals surface area contributed by atoms with Gasteiger partial charge in [0.25, 0.3) is 5.71 Å². The summed E-state index contributed by atoms with van der Waals surface area (Å²) in [5, 5.41) is 4.87. The van der Waals surface area contributed by atoms with Crippen molar-refractivity contribution in [3.63, 3.8) is 0 Å². The van der Waals surface area contributed by atoms with E-state index in [4.69, 9.17) is 15.0 Å². The van der Waals surface area contributed by atoms with Crippen molar-refractivity contribution in [2.24, 2.45) is 0 Å². The topological polar surface area (TPSA) is 87.1 Å². The molecule has 0 spiro atoms. The molecule has 0 aliphatic carbocycles. The van der Waals surface area contributed by atoms with E-state index in [0.717, 1.165) is 20.9 Å². The molecular weight excluding hydrogens is 336 g/mol. The molecule has 6 nitrogen and oxygen atoms in total. The number of hydrogen-bond donors (Lipinski definition) is 1. The van der Waals surface area contributed by atoms with E-state index in [2.05, 4.69) is 15.1 Å². The minimum Gasteiger partial charge on any atom is -0.453 e. The zero-order valence-corrected chi connectivity index (χ0v) is 14.2. The molecule has 0 aliphatic heterocycles. The summed E-state index contributed by atoms with van der Waals surface area (Å²) in [5.41, 5.74) is 7.27. The van der Waals surface area contributed by atoms with Gasteiger partial charge in [-0.15, -0.1) is 0 Å². The van der Waals surface area contributed by atoms with Gasteiger partial charge in [-0.25, -0.2) is 9.97 Å². The smallest absolute Gasteiger partial charge is 0.259 e. The van der Waals surface area contributed by atoms with Gasteiger partial charge in [-0.1, -0.05) is 35.1 Å². The molecule has 0 saturated carbocycles. The molecule has 4 aromatic rings. The van der Waals surface area contributed by atoms with Crippen LogP contribution in [0.5, 0.6) is 11.5 Å². The molecule has 0 bridgehead atoms. The minimum atomic E-state index is 0.342. The summed E-state index contributed by atoms with van der Waals surface area (Å²) in [4.78, 5) is 10.3. The molecule has 4 rings (SSSR count). The van der Waals surface area contributed by atoms with Crippen molar-refractivity contribution in [1.29, 1.82) is 0 Å². The number of pyridine rings is 2. The molecule has 0 atom stereocenters. The highest BCUT2D eigenvalue weighted by Crippen LogP contribution is 2.37. The molecule has 0 radical (unpaired) electrons. The van der Waals surface area contributed by atoms with Crippen LogP contribution in [0.2, 0.25) is 0 Å². The number of nitrogen functional groups attached to an aromatic ring is 1. The Hall–Kier alpha value is -3.06. The monoisotopic (exact) mass is 350 g/mol. The lowest BCUT2D eigenvalue weighted by Gasteiger charge is -2.09. The molecule has 25 heavy (non-hydrogen) atoms. The maximum Gasteiger partial charge on any atom is 0.259 e. The average molecular weight is 350 g/mol. The van der Waals surface area contributed by atoms with Gasteiger partial charge in [0.15, 0.2) is 11.6 Å². The molecule has 7 heteroatoms. The van der Waals surface area contributed by atoms with Crippen molar-refractivity contribution in [3.05, 3.63) is 60.6 Å². The SMILES string of the molecule is Cc1noc2nccc(Sc3cnc(N)c(Oc4ccccc4)c3)c12. The number of rotatable bonds is 4. The Kier molecular flexibility index (Phi) is 3.99. The van der Waals surface area contributed by atoms with E-state index >= 15 is 0 Å². The molecule has 0 aliphatic rings. The van der Waals surface area contributed by atoms with Crippen molar-refractivity contribution in [2.45, 2.75) is 16.7 Å². The number of ether oxygens (including phenoxy) is 1. The lowest BCUT2D eigenvalue weighted by atomic mass is 10.3. The lowest BCUT2D eigenvalue weighted by Crippen LogP contribution is -1.95. The van der Waals surface area contributed by atoms with Crippen molar-refractivity contribution < 1.29 is 9.26 Å². The molecular formula is C18H14N4O2S. The summed E-state index contributed by atoms with van der Waals surface area (Å²) in [7, 11) is 0. The molecule has 3 heterocycles. The van der Waals surface area contributed by atoms with E-state index < -0.39 is 0 Å². The van der Waals surface area contributed by atoms with E-state index in [-0.39, 0.29) is 0 Å². The number of aryl methyl sites for hydroxylation is 1. The summed E-state index contributed by atoms with van der Waals surface area (Å²) >= 11 is 1.53. The van der Waals surface area contributed by atoms with Crippen LogP contribution in [0.1, 0.15) is 5.69 Å². The number of para-hydroxylation sites is 1. The van der Waals surface area contributed by atoms with E-state index in [9.17, 15) is 0 Å². The number of nitrogens with two attached hydrogens (primary N) is 1. The van der Waals surface area contributed by atoms with E-state index in [1.165, 1.54) is 11.8 Å². The molecule has 2 N–H and O–H groups in total. The van der Waals surface area contributed by atoms with E-state index in [1.807, 2.05) is 49.4 Å². The fraction of sp³-hybridized carbons (Fsp3) is 0.0556. The summed E-state index contributed by atoms with van der Waals surface area (Å²) in [6.07, 6.45) is 3.41. The van der Waals surface area contributed by atoms with Crippen molar-refractivity contribution >= 4 is 28.7 Å². The van der Waals surface area contributed by atoms with Gasteiger partial charge in [-0.2, -0.15) is 0 Å². The van der Waals surface area contributed by atoms with E-state index in [0.29, 0.717) is 23.0 Å². The molecule has 0 unspecified atom stereocenters. The number of hydrogen-bond acceptors (Lipinski definition) is 7. The van der Waals surface area contributed by atoms with Crippen LogP contribution in [0.3, 0.4) is 0 Å². The van der Waals surface area contributed by atoms with Crippen molar-refractivity contribution in [1.82, 2.24) is 15.1 Å². The summed E-state index contributed by atoms with van der Waals surface area (Å²) in [6.45, 7) is 1.89. The zero-order chi connectivity index (χ0) is 17.2. The predicted octanol–water partition coefficient (Wildman–Crippen LogP) is 4.45. The molecule has 0 fully saturated rings. The molecule has 0 amide bonds. The minimum absolute atomic E-state index is 0.342. The second-order valence-electron chi connectivity index (χ2n) is 5.33. The fourth-order valence-corrected chi connectivity index (χ4v) is 3.38. The molecule has 0 saturated heterocycles. The van der Waals surface area contributed by atoms with Gasteiger partial charge < -0.3 is 15.0 Å². The Balaban J connectivity index is 1.67. The summed E-state index contributed by atoms with van der Waals surface area (Å²) < 4.78 is 11.1. The Labute approximate surface area is 148 Å². The second kappa shape index (κ2) is 6.45. The van der Waals surface area contributed by atoms with Gasteiger partial charge >= 0.3 is 0 Å². The standard InChI is InChI=1S/C18H14N4O2S/c1-11-16-15(7-8-20-18(16)24-22-11)25-13-9-14(17(19)21-10-13)23-12-5-3-2-4-6-12/h2-10H,1H3,(H2,19,21). The summed E-state index contributed by atoms with van der Waals surface area (Å²) in [6, 6.07) is 13.3. The zero-order valence-electron chi connectivity index (χ0n) is 13.3. The van der Waals surface area contributed by atoms with E-state index in [1.54, 1.807) is 12.4 Å². The Morgan fingerprint density at radius 1 is 1.12 bits per heavy atom. The fourth-order valence-electron chi connectivity index (χ4n) is 2.39.